The molecule has 0 radical (unpaired) electrons. The van der Waals surface area contributed by atoms with Crippen molar-refractivity contribution >= 4 is 0 Å². The van der Waals surface area contributed by atoms with Gasteiger partial charge in [-0.1, -0.05) is 13.0 Å². The van der Waals surface area contributed by atoms with Gasteiger partial charge in [0.2, 0.25) is 6.79 Å². The molecule has 1 aromatic carbocycles. The minimum absolute atomic E-state index is 0.199. The molecule has 0 aliphatic carbocycles. The van der Waals surface area contributed by atoms with Crippen LogP contribution in [0.5, 0.6) is 11.5 Å². The van der Waals surface area contributed by atoms with Crippen molar-refractivity contribution in [1.82, 2.24) is 5.32 Å². The van der Waals surface area contributed by atoms with Gasteiger partial charge < -0.3 is 19.5 Å². The molecule has 0 saturated carbocycles. The number of nitrogens with one attached hydrogen (secondary N) is 1. The molecule has 0 aromatic heterocycles. The van der Waals surface area contributed by atoms with E-state index in [1.165, 1.54) is 0 Å². The highest BCUT2D eigenvalue weighted by molar-refractivity contribution is 5.45. The van der Waals surface area contributed by atoms with E-state index in [4.69, 9.17) is 14.2 Å². The predicted octanol–water partition coefficient (Wildman–Crippen LogP) is 1.71. The molecule has 4 heteroatoms. The summed E-state index contributed by atoms with van der Waals surface area (Å²) in [6.07, 6.45) is 0. The van der Waals surface area contributed by atoms with Crippen molar-refractivity contribution in [3.05, 3.63) is 23.8 Å². The molecule has 16 heavy (non-hydrogen) atoms. The van der Waals surface area contributed by atoms with Crippen LogP contribution < -0.4 is 14.8 Å². The van der Waals surface area contributed by atoms with Gasteiger partial charge in [0.05, 0.1) is 12.6 Å². The average molecular weight is 223 g/mol. The van der Waals surface area contributed by atoms with Crippen LogP contribution in [0.1, 0.15) is 18.5 Å². The van der Waals surface area contributed by atoms with E-state index < -0.39 is 0 Å². The van der Waals surface area contributed by atoms with E-state index >= 15 is 0 Å². The molecule has 0 bridgehead atoms. The number of hydrogen-bond acceptors (Lipinski definition) is 4. The summed E-state index contributed by atoms with van der Waals surface area (Å²) in [5, 5.41) is 3.37. The number of benzene rings is 1. The van der Waals surface area contributed by atoms with Crippen LogP contribution in [0.3, 0.4) is 0 Å². The highest BCUT2D eigenvalue weighted by atomic mass is 16.7. The molecule has 4 nitrogen and oxygen atoms in total. The molecule has 0 spiro atoms. The van der Waals surface area contributed by atoms with Crippen molar-refractivity contribution < 1.29 is 14.2 Å². The van der Waals surface area contributed by atoms with Crippen molar-refractivity contribution in [2.75, 3.05) is 27.1 Å². The minimum atomic E-state index is 0.199. The lowest BCUT2D eigenvalue weighted by molar-refractivity contribution is 0.167. The van der Waals surface area contributed by atoms with Crippen molar-refractivity contribution in [1.29, 1.82) is 0 Å². The Bertz CT molecular complexity index is 348. The first-order valence-electron chi connectivity index (χ1n) is 5.47. The Morgan fingerprint density at radius 2 is 2.19 bits per heavy atom. The van der Waals surface area contributed by atoms with E-state index in [2.05, 4.69) is 12.2 Å². The Balaban J connectivity index is 2.17. The lowest BCUT2D eigenvalue weighted by Crippen LogP contribution is -2.24. The molecule has 1 aliphatic heterocycles. The maximum atomic E-state index is 5.35. The number of methoxy groups -OCH3 is 1. The van der Waals surface area contributed by atoms with Gasteiger partial charge in [-0.05, 0) is 24.2 Å². The second-order valence-electron chi connectivity index (χ2n) is 3.68. The van der Waals surface area contributed by atoms with E-state index in [1.807, 2.05) is 18.2 Å². The van der Waals surface area contributed by atoms with Crippen LogP contribution in [0, 0.1) is 0 Å². The third-order valence-electron chi connectivity index (χ3n) is 2.58. The van der Waals surface area contributed by atoms with Gasteiger partial charge in [0, 0.05) is 7.11 Å². The Hall–Kier alpha value is -1.26. The molecule has 1 N–H and O–H groups in total. The van der Waals surface area contributed by atoms with Gasteiger partial charge >= 0.3 is 0 Å². The summed E-state index contributed by atoms with van der Waals surface area (Å²) in [6.45, 7) is 3.94. The summed E-state index contributed by atoms with van der Waals surface area (Å²) in [4.78, 5) is 0. The lowest BCUT2D eigenvalue weighted by atomic mass is 10.1. The molecule has 1 aromatic rings. The number of fused-ring (bicyclic) bond motifs is 1. The van der Waals surface area contributed by atoms with Crippen LogP contribution in [0.25, 0.3) is 0 Å². The molecular formula is C12H17NO3. The standard InChI is InChI=1S/C12H17NO3/c1-3-13-10(7-14-2)9-4-5-11-12(6-9)16-8-15-11/h4-6,10,13H,3,7-8H2,1-2H3. The predicted molar refractivity (Wildman–Crippen MR) is 60.9 cm³/mol. The van der Waals surface area contributed by atoms with Crippen LogP contribution in [0.15, 0.2) is 18.2 Å². The quantitative estimate of drug-likeness (QED) is 0.825. The fourth-order valence-corrected chi connectivity index (χ4v) is 1.82. The SMILES string of the molecule is CCNC(COC)c1ccc2c(c1)OCO2. The number of likely N-dealkylation sites (N-methyl/N-ethyl adjacent to an activating group) is 1. The summed E-state index contributed by atoms with van der Waals surface area (Å²) >= 11 is 0. The first kappa shape index (κ1) is 11.2. The number of rotatable bonds is 5. The largest absolute Gasteiger partial charge is 0.454 e. The van der Waals surface area contributed by atoms with E-state index in [0.717, 1.165) is 23.6 Å². The Morgan fingerprint density at radius 1 is 1.38 bits per heavy atom. The first-order valence-corrected chi connectivity index (χ1v) is 5.47. The maximum absolute atomic E-state index is 5.35. The fourth-order valence-electron chi connectivity index (χ4n) is 1.82. The molecule has 1 aliphatic rings. The monoisotopic (exact) mass is 223 g/mol. The third kappa shape index (κ3) is 2.28. The maximum Gasteiger partial charge on any atom is 0.231 e. The van der Waals surface area contributed by atoms with Gasteiger partial charge in [0.15, 0.2) is 11.5 Å². The molecule has 88 valence electrons. The zero-order valence-electron chi connectivity index (χ0n) is 9.66. The summed E-state index contributed by atoms with van der Waals surface area (Å²) < 4.78 is 15.8. The van der Waals surface area contributed by atoms with Crippen LogP contribution >= 0.6 is 0 Å². The van der Waals surface area contributed by atoms with Gasteiger partial charge in [-0.25, -0.2) is 0 Å². The molecular weight excluding hydrogens is 206 g/mol. The van der Waals surface area contributed by atoms with Crippen molar-refractivity contribution in [2.45, 2.75) is 13.0 Å². The summed E-state index contributed by atoms with van der Waals surface area (Å²) in [7, 11) is 1.71. The molecule has 0 amide bonds. The van der Waals surface area contributed by atoms with Crippen LogP contribution in [0.2, 0.25) is 0 Å². The molecule has 0 fully saturated rings. The number of ether oxygens (including phenoxy) is 3. The van der Waals surface area contributed by atoms with Gasteiger partial charge in [0.25, 0.3) is 0 Å². The van der Waals surface area contributed by atoms with Gasteiger partial charge in [-0.15, -0.1) is 0 Å². The van der Waals surface area contributed by atoms with Gasteiger partial charge in [-0.2, -0.15) is 0 Å². The molecule has 1 atom stereocenters. The van der Waals surface area contributed by atoms with Crippen LogP contribution in [0.4, 0.5) is 0 Å². The van der Waals surface area contributed by atoms with E-state index in [1.54, 1.807) is 7.11 Å². The van der Waals surface area contributed by atoms with E-state index in [9.17, 15) is 0 Å². The van der Waals surface area contributed by atoms with Crippen molar-refractivity contribution in [3.8, 4) is 11.5 Å². The fraction of sp³-hybridized carbons (Fsp3) is 0.500. The average Bonchev–Trinajstić information content (AvgIpc) is 2.75. The first-order chi connectivity index (χ1) is 7.85. The molecule has 2 rings (SSSR count). The normalized spacial score (nSPS) is 15.1. The minimum Gasteiger partial charge on any atom is -0.454 e. The highest BCUT2D eigenvalue weighted by Gasteiger charge is 2.17. The Morgan fingerprint density at radius 3 is 2.94 bits per heavy atom. The molecule has 1 heterocycles. The molecule has 1 unspecified atom stereocenters. The molecule has 0 saturated heterocycles. The lowest BCUT2D eigenvalue weighted by Gasteiger charge is -2.17. The van der Waals surface area contributed by atoms with Gasteiger partial charge in [0.1, 0.15) is 0 Å². The second kappa shape index (κ2) is 5.18. The smallest absolute Gasteiger partial charge is 0.231 e. The highest BCUT2D eigenvalue weighted by Crippen LogP contribution is 2.34. The Labute approximate surface area is 95.5 Å². The Kier molecular flexibility index (Phi) is 3.64. The third-order valence-corrected chi connectivity index (χ3v) is 2.58. The number of hydrogen-bond donors (Lipinski definition) is 1. The van der Waals surface area contributed by atoms with Crippen molar-refractivity contribution in [3.63, 3.8) is 0 Å². The zero-order chi connectivity index (χ0) is 11.4. The topological polar surface area (TPSA) is 39.7 Å². The van der Waals surface area contributed by atoms with Crippen molar-refractivity contribution in [2.24, 2.45) is 0 Å². The van der Waals surface area contributed by atoms with Gasteiger partial charge in [-0.3, -0.25) is 0 Å². The summed E-state index contributed by atoms with van der Waals surface area (Å²) in [6, 6.07) is 6.19. The summed E-state index contributed by atoms with van der Waals surface area (Å²) in [5.74, 6) is 1.63. The van der Waals surface area contributed by atoms with E-state index in [0.29, 0.717) is 13.4 Å². The summed E-state index contributed by atoms with van der Waals surface area (Å²) in [5.41, 5.74) is 1.16. The van der Waals surface area contributed by atoms with Crippen LogP contribution in [-0.4, -0.2) is 27.1 Å². The zero-order valence-corrected chi connectivity index (χ0v) is 9.66. The van der Waals surface area contributed by atoms with Crippen LogP contribution in [-0.2, 0) is 4.74 Å². The van der Waals surface area contributed by atoms with E-state index in [-0.39, 0.29) is 6.04 Å². The second-order valence-corrected chi connectivity index (χ2v) is 3.68.